The van der Waals surface area contributed by atoms with Crippen LogP contribution < -0.4 is 5.56 Å². The molecule has 0 N–H and O–H groups in total. The number of carbonyl (C=O) groups is 2. The van der Waals surface area contributed by atoms with Gasteiger partial charge in [-0.15, -0.1) is 0 Å². The molecule has 0 saturated carbocycles. The Morgan fingerprint density at radius 1 is 1.28 bits per heavy atom. The quantitative estimate of drug-likeness (QED) is 0.720. The third-order valence-corrected chi connectivity index (χ3v) is 6.06. The molecular weight excluding hydrogens is 372 g/mol. The van der Waals surface area contributed by atoms with Gasteiger partial charge in [-0.25, -0.2) is 4.98 Å². The van der Waals surface area contributed by atoms with Gasteiger partial charge in [-0.2, -0.15) is 0 Å². The molecule has 0 aromatic carbocycles. The van der Waals surface area contributed by atoms with E-state index in [0.717, 1.165) is 5.69 Å². The molecule has 2 aromatic heterocycles. The van der Waals surface area contributed by atoms with Gasteiger partial charge in [0.05, 0.1) is 5.41 Å². The normalized spacial score (nSPS) is 21.2. The second-order valence-electron chi connectivity index (χ2n) is 8.40. The standard InChI is InChI=1S/C21H26N4O4/c1-14-5-4-6-17-22-12-16(19(27)25(14)17)18(26)24-9-7-21(8-10-24)11-15(13-23(2)3)29-20(21)28/h4-6,12,15H,7-11,13H2,1-3H3. The number of carbonyl (C=O) groups excluding carboxylic acids is 2. The average molecular weight is 398 g/mol. The maximum Gasteiger partial charge on any atom is 0.312 e. The van der Waals surface area contributed by atoms with Crippen molar-refractivity contribution in [1.29, 1.82) is 0 Å². The summed E-state index contributed by atoms with van der Waals surface area (Å²) in [5.74, 6) is -0.481. The van der Waals surface area contributed by atoms with E-state index in [1.807, 2.05) is 38.1 Å². The summed E-state index contributed by atoms with van der Waals surface area (Å²) in [6, 6.07) is 5.38. The lowest BCUT2D eigenvalue weighted by Gasteiger charge is -2.36. The van der Waals surface area contributed by atoms with Gasteiger partial charge in [0.2, 0.25) is 0 Å². The molecule has 8 heteroatoms. The summed E-state index contributed by atoms with van der Waals surface area (Å²) in [5, 5.41) is 0. The zero-order valence-electron chi connectivity index (χ0n) is 17.1. The van der Waals surface area contributed by atoms with Crippen molar-refractivity contribution in [1.82, 2.24) is 19.2 Å². The van der Waals surface area contributed by atoms with E-state index in [1.54, 1.807) is 11.0 Å². The predicted molar refractivity (Wildman–Crippen MR) is 107 cm³/mol. The van der Waals surface area contributed by atoms with Crippen molar-refractivity contribution in [3.8, 4) is 0 Å². The van der Waals surface area contributed by atoms with Crippen LogP contribution in [-0.4, -0.2) is 70.9 Å². The van der Waals surface area contributed by atoms with Crippen molar-refractivity contribution in [3.05, 3.63) is 46.0 Å². The number of aromatic nitrogens is 2. The maximum atomic E-state index is 13.0. The molecule has 2 aliphatic heterocycles. The number of aryl methyl sites for hydroxylation is 1. The van der Waals surface area contributed by atoms with Gasteiger partial charge in [0.1, 0.15) is 17.3 Å². The van der Waals surface area contributed by atoms with Gasteiger partial charge in [0, 0.05) is 37.9 Å². The number of hydrogen-bond donors (Lipinski definition) is 0. The third kappa shape index (κ3) is 3.42. The van der Waals surface area contributed by atoms with Gasteiger partial charge >= 0.3 is 5.97 Å². The van der Waals surface area contributed by atoms with Gasteiger partial charge < -0.3 is 14.5 Å². The van der Waals surface area contributed by atoms with Crippen molar-refractivity contribution >= 4 is 17.5 Å². The number of pyridine rings is 1. The fraction of sp³-hybridized carbons (Fsp3) is 0.524. The highest BCUT2D eigenvalue weighted by atomic mass is 16.6. The van der Waals surface area contributed by atoms with Gasteiger partial charge in [-0.05, 0) is 46.0 Å². The largest absolute Gasteiger partial charge is 0.461 e. The number of amides is 1. The highest BCUT2D eigenvalue weighted by molar-refractivity contribution is 5.94. The van der Waals surface area contributed by atoms with Gasteiger partial charge in [0.15, 0.2) is 0 Å². The van der Waals surface area contributed by atoms with E-state index >= 15 is 0 Å². The van der Waals surface area contributed by atoms with Crippen LogP contribution in [0.2, 0.25) is 0 Å². The Bertz CT molecular complexity index is 1020. The van der Waals surface area contributed by atoms with Crippen molar-refractivity contribution < 1.29 is 14.3 Å². The summed E-state index contributed by atoms with van der Waals surface area (Å²) < 4.78 is 7.04. The number of nitrogens with zero attached hydrogens (tertiary/aromatic N) is 4. The minimum absolute atomic E-state index is 0.0623. The first-order valence-electron chi connectivity index (χ1n) is 9.93. The van der Waals surface area contributed by atoms with Gasteiger partial charge in [0.25, 0.3) is 11.5 Å². The number of esters is 1. The monoisotopic (exact) mass is 398 g/mol. The Labute approximate surface area is 169 Å². The fourth-order valence-corrected chi connectivity index (χ4v) is 4.48. The van der Waals surface area contributed by atoms with Crippen LogP contribution >= 0.6 is 0 Å². The van der Waals surface area contributed by atoms with E-state index < -0.39 is 5.41 Å². The molecule has 2 saturated heterocycles. The Balaban J connectivity index is 1.51. The van der Waals surface area contributed by atoms with Crippen LogP contribution in [0, 0.1) is 12.3 Å². The topological polar surface area (TPSA) is 84.2 Å². The van der Waals surface area contributed by atoms with Crippen LogP contribution in [0.25, 0.3) is 5.65 Å². The van der Waals surface area contributed by atoms with Crippen LogP contribution in [-0.2, 0) is 9.53 Å². The molecule has 1 unspecified atom stereocenters. The van der Waals surface area contributed by atoms with Crippen LogP contribution in [0.1, 0.15) is 35.3 Å². The average Bonchev–Trinajstić information content (AvgIpc) is 2.96. The van der Waals surface area contributed by atoms with Crippen LogP contribution in [0.15, 0.2) is 29.2 Å². The lowest BCUT2D eigenvalue weighted by atomic mass is 9.76. The van der Waals surface area contributed by atoms with E-state index in [4.69, 9.17) is 4.74 Å². The van der Waals surface area contributed by atoms with Crippen molar-refractivity contribution in [2.75, 3.05) is 33.7 Å². The summed E-state index contributed by atoms with van der Waals surface area (Å²) in [5.41, 5.74) is 0.444. The minimum atomic E-state index is -0.509. The SMILES string of the molecule is Cc1cccc2ncc(C(=O)N3CCC4(CC3)CC(CN(C)C)OC4=O)c(=O)n12. The number of likely N-dealkylation sites (tertiary alicyclic amines) is 1. The molecule has 1 amide bonds. The molecule has 1 atom stereocenters. The predicted octanol–water partition coefficient (Wildman–Crippen LogP) is 1.10. The number of cyclic esters (lactones) is 1. The number of fused-ring (bicyclic) bond motifs is 1. The molecule has 8 nitrogen and oxygen atoms in total. The molecule has 0 aliphatic carbocycles. The summed E-state index contributed by atoms with van der Waals surface area (Å²) in [6.45, 7) is 3.37. The second kappa shape index (κ2) is 7.26. The maximum absolute atomic E-state index is 13.0. The fourth-order valence-electron chi connectivity index (χ4n) is 4.48. The summed E-state index contributed by atoms with van der Waals surface area (Å²) in [7, 11) is 3.91. The van der Waals surface area contributed by atoms with E-state index in [9.17, 15) is 14.4 Å². The van der Waals surface area contributed by atoms with E-state index in [1.165, 1.54) is 10.6 Å². The number of rotatable bonds is 3. The first-order chi connectivity index (χ1) is 13.8. The molecule has 2 aromatic rings. The van der Waals surface area contributed by atoms with Gasteiger partial charge in [-0.1, -0.05) is 6.07 Å². The van der Waals surface area contributed by atoms with Gasteiger partial charge in [-0.3, -0.25) is 18.8 Å². The molecule has 4 heterocycles. The molecule has 0 bridgehead atoms. The van der Waals surface area contributed by atoms with Crippen molar-refractivity contribution in [2.45, 2.75) is 32.3 Å². The molecule has 2 aliphatic rings. The molecular formula is C21H26N4O4. The summed E-state index contributed by atoms with van der Waals surface area (Å²) in [4.78, 5) is 46.4. The number of likely N-dealkylation sites (N-methyl/N-ethyl adjacent to an activating group) is 1. The first-order valence-corrected chi connectivity index (χ1v) is 9.93. The first kappa shape index (κ1) is 19.6. The highest BCUT2D eigenvalue weighted by Crippen LogP contribution is 2.43. The van der Waals surface area contributed by atoms with Crippen LogP contribution in [0.4, 0.5) is 0 Å². The van der Waals surface area contributed by atoms with E-state index in [0.29, 0.717) is 44.5 Å². The second-order valence-corrected chi connectivity index (χ2v) is 8.40. The molecule has 0 radical (unpaired) electrons. The Kier molecular flexibility index (Phi) is 4.90. The van der Waals surface area contributed by atoms with E-state index in [2.05, 4.69) is 4.98 Å². The molecule has 29 heavy (non-hydrogen) atoms. The van der Waals surface area contributed by atoms with E-state index in [-0.39, 0.29) is 29.1 Å². The zero-order chi connectivity index (χ0) is 20.8. The molecule has 1 spiro atoms. The summed E-state index contributed by atoms with van der Waals surface area (Å²) in [6.07, 6.45) is 3.06. The zero-order valence-corrected chi connectivity index (χ0v) is 17.1. The highest BCUT2D eigenvalue weighted by Gasteiger charge is 2.50. The number of piperidine rings is 1. The lowest BCUT2D eigenvalue weighted by Crippen LogP contribution is -2.46. The molecule has 2 fully saturated rings. The lowest BCUT2D eigenvalue weighted by molar-refractivity contribution is -0.150. The Morgan fingerprint density at radius 3 is 2.69 bits per heavy atom. The van der Waals surface area contributed by atoms with Crippen LogP contribution in [0.3, 0.4) is 0 Å². The molecule has 154 valence electrons. The van der Waals surface area contributed by atoms with Crippen LogP contribution in [0.5, 0.6) is 0 Å². The van der Waals surface area contributed by atoms with Crippen molar-refractivity contribution in [2.24, 2.45) is 5.41 Å². The number of ether oxygens (including phenoxy) is 1. The smallest absolute Gasteiger partial charge is 0.312 e. The number of hydrogen-bond acceptors (Lipinski definition) is 6. The minimum Gasteiger partial charge on any atom is -0.461 e. The third-order valence-electron chi connectivity index (χ3n) is 6.06. The Hall–Kier alpha value is -2.74. The van der Waals surface area contributed by atoms with Crippen molar-refractivity contribution in [3.63, 3.8) is 0 Å². The summed E-state index contributed by atoms with van der Waals surface area (Å²) >= 11 is 0. The Morgan fingerprint density at radius 2 is 2.00 bits per heavy atom. The molecule has 4 rings (SSSR count).